The van der Waals surface area contributed by atoms with Gasteiger partial charge in [0, 0.05) is 0 Å². The van der Waals surface area contributed by atoms with Crippen LogP contribution in [0.5, 0.6) is 0 Å². The first-order valence-corrected chi connectivity index (χ1v) is 7.12. The molecule has 2 nitrogen and oxygen atoms in total. The van der Waals surface area contributed by atoms with Crippen LogP contribution in [0.25, 0.3) is 16.7 Å². The lowest BCUT2D eigenvalue weighted by molar-refractivity contribution is 0.514. The van der Waals surface area contributed by atoms with Crippen molar-refractivity contribution in [3.05, 3.63) is 58.4 Å². The molecule has 108 valence electrons. The predicted octanol–water partition coefficient (Wildman–Crippen LogP) is 5.00. The summed E-state index contributed by atoms with van der Waals surface area (Å²) >= 11 is 12.1. The summed E-state index contributed by atoms with van der Waals surface area (Å²) in [6.07, 6.45) is 0. The van der Waals surface area contributed by atoms with E-state index in [-0.39, 0.29) is 11.4 Å². The lowest BCUT2D eigenvalue weighted by atomic mass is 10.2. The maximum atomic E-state index is 14.2. The van der Waals surface area contributed by atoms with E-state index in [9.17, 15) is 8.78 Å². The van der Waals surface area contributed by atoms with Gasteiger partial charge in [0.05, 0.1) is 22.1 Å². The Bertz CT molecular complexity index is 843. The van der Waals surface area contributed by atoms with Gasteiger partial charge in [-0.2, -0.15) is 0 Å². The number of aryl methyl sites for hydroxylation is 1. The van der Waals surface area contributed by atoms with E-state index in [1.54, 1.807) is 12.1 Å². The van der Waals surface area contributed by atoms with Gasteiger partial charge >= 0.3 is 0 Å². The van der Waals surface area contributed by atoms with Gasteiger partial charge in [-0.25, -0.2) is 13.8 Å². The van der Waals surface area contributed by atoms with E-state index < -0.39 is 11.6 Å². The highest BCUT2D eigenvalue weighted by Crippen LogP contribution is 2.30. The van der Waals surface area contributed by atoms with Gasteiger partial charge in [0.25, 0.3) is 0 Å². The van der Waals surface area contributed by atoms with Crippen LogP contribution < -0.4 is 0 Å². The second-order valence-electron chi connectivity index (χ2n) is 4.68. The molecule has 1 aromatic heterocycles. The van der Waals surface area contributed by atoms with E-state index in [1.807, 2.05) is 13.0 Å². The van der Waals surface area contributed by atoms with Crippen molar-refractivity contribution in [2.75, 3.05) is 0 Å². The van der Waals surface area contributed by atoms with Crippen LogP contribution in [0.4, 0.5) is 8.78 Å². The summed E-state index contributed by atoms with van der Waals surface area (Å²) in [7, 11) is 0. The van der Waals surface area contributed by atoms with E-state index in [4.69, 9.17) is 23.2 Å². The lowest BCUT2D eigenvalue weighted by Gasteiger charge is -2.11. The molecule has 21 heavy (non-hydrogen) atoms. The average molecular weight is 327 g/mol. The molecule has 0 aliphatic heterocycles. The van der Waals surface area contributed by atoms with Gasteiger partial charge in [-0.05, 0) is 36.8 Å². The van der Waals surface area contributed by atoms with Crippen LogP contribution in [-0.2, 0) is 5.88 Å². The van der Waals surface area contributed by atoms with Gasteiger partial charge in [0.2, 0.25) is 0 Å². The highest BCUT2D eigenvalue weighted by atomic mass is 35.5. The first-order chi connectivity index (χ1) is 10.0. The molecule has 0 atom stereocenters. The Labute approximate surface area is 129 Å². The molecule has 6 heteroatoms. The molecule has 0 spiro atoms. The zero-order valence-electron chi connectivity index (χ0n) is 11.0. The molecule has 0 unspecified atom stereocenters. The topological polar surface area (TPSA) is 17.8 Å². The smallest absolute Gasteiger partial charge is 0.185 e. The molecule has 0 N–H and O–H groups in total. The highest BCUT2D eigenvalue weighted by molar-refractivity contribution is 6.32. The molecule has 0 fully saturated rings. The molecule has 3 rings (SSSR count). The first kappa shape index (κ1) is 14.3. The minimum absolute atomic E-state index is 0.0400. The second-order valence-corrected chi connectivity index (χ2v) is 5.36. The molecule has 0 aliphatic carbocycles. The molecule has 2 aromatic carbocycles. The van der Waals surface area contributed by atoms with Crippen molar-refractivity contribution in [3.63, 3.8) is 0 Å². The Kier molecular flexibility index (Phi) is 3.59. The third kappa shape index (κ3) is 2.28. The summed E-state index contributed by atoms with van der Waals surface area (Å²) < 4.78 is 29.2. The van der Waals surface area contributed by atoms with E-state index in [2.05, 4.69) is 4.98 Å². The maximum Gasteiger partial charge on any atom is 0.185 e. The standard InChI is InChI=1S/C15H10Cl2F2N2/c1-8-2-3-9(17)12(6-8)21-13(7-16)20-11-5-4-10(18)14(19)15(11)21/h2-6H,7H2,1H3. The summed E-state index contributed by atoms with van der Waals surface area (Å²) in [4.78, 5) is 4.25. The van der Waals surface area contributed by atoms with E-state index in [1.165, 1.54) is 10.6 Å². The Morgan fingerprint density at radius 2 is 1.95 bits per heavy atom. The monoisotopic (exact) mass is 326 g/mol. The van der Waals surface area contributed by atoms with Gasteiger partial charge in [-0.1, -0.05) is 17.7 Å². The number of hydrogen-bond donors (Lipinski definition) is 0. The Morgan fingerprint density at radius 1 is 1.19 bits per heavy atom. The van der Waals surface area contributed by atoms with Crippen LogP contribution in [0.3, 0.4) is 0 Å². The highest BCUT2D eigenvalue weighted by Gasteiger charge is 2.19. The Morgan fingerprint density at radius 3 is 2.67 bits per heavy atom. The normalized spacial score (nSPS) is 11.3. The number of hydrogen-bond acceptors (Lipinski definition) is 1. The number of imidazole rings is 1. The van der Waals surface area contributed by atoms with E-state index in [0.717, 1.165) is 11.6 Å². The Hall–Kier alpha value is -1.65. The fourth-order valence-electron chi connectivity index (χ4n) is 2.29. The number of nitrogens with zero attached hydrogens (tertiary/aromatic N) is 2. The SMILES string of the molecule is Cc1ccc(Cl)c(-n2c(CCl)nc3ccc(F)c(F)c32)c1. The van der Waals surface area contributed by atoms with Gasteiger partial charge in [-0.15, -0.1) is 11.6 Å². The molecule has 0 saturated heterocycles. The van der Waals surface area contributed by atoms with E-state index in [0.29, 0.717) is 22.1 Å². The molecule has 0 bridgehead atoms. The Balaban J connectivity index is 2.45. The molecule has 0 amide bonds. The van der Waals surface area contributed by atoms with Crippen molar-refractivity contribution in [1.29, 1.82) is 0 Å². The summed E-state index contributed by atoms with van der Waals surface area (Å²) in [5.74, 6) is -1.44. The predicted molar refractivity (Wildman–Crippen MR) is 80.3 cm³/mol. The molecule has 0 aliphatic rings. The third-order valence-corrected chi connectivity index (χ3v) is 3.80. The van der Waals surface area contributed by atoms with Gasteiger partial charge < -0.3 is 0 Å². The summed E-state index contributed by atoms with van der Waals surface area (Å²) in [6.45, 7) is 1.89. The maximum absolute atomic E-state index is 14.2. The van der Waals surface area contributed by atoms with Crippen molar-refractivity contribution < 1.29 is 8.78 Å². The first-order valence-electron chi connectivity index (χ1n) is 6.20. The molecular formula is C15H10Cl2F2N2. The van der Waals surface area contributed by atoms with Gasteiger partial charge in [0.1, 0.15) is 11.3 Å². The van der Waals surface area contributed by atoms with Crippen LogP contribution >= 0.6 is 23.2 Å². The van der Waals surface area contributed by atoms with Crippen molar-refractivity contribution >= 4 is 34.2 Å². The van der Waals surface area contributed by atoms with Crippen molar-refractivity contribution in [1.82, 2.24) is 9.55 Å². The minimum atomic E-state index is -0.964. The van der Waals surface area contributed by atoms with Crippen LogP contribution in [0, 0.1) is 18.6 Å². The summed E-state index contributed by atoms with van der Waals surface area (Å²) in [6, 6.07) is 7.79. The van der Waals surface area contributed by atoms with Crippen molar-refractivity contribution in [2.24, 2.45) is 0 Å². The summed E-state index contributed by atoms with van der Waals surface area (Å²) in [5.41, 5.74) is 1.84. The fraction of sp³-hybridized carbons (Fsp3) is 0.133. The number of benzene rings is 2. The lowest BCUT2D eigenvalue weighted by Crippen LogP contribution is -2.02. The average Bonchev–Trinajstić information content (AvgIpc) is 2.84. The third-order valence-electron chi connectivity index (χ3n) is 3.24. The minimum Gasteiger partial charge on any atom is -0.291 e. The molecular weight excluding hydrogens is 317 g/mol. The van der Waals surface area contributed by atoms with Crippen molar-refractivity contribution in [2.45, 2.75) is 12.8 Å². The second kappa shape index (κ2) is 5.28. The van der Waals surface area contributed by atoms with Crippen LogP contribution in [-0.4, -0.2) is 9.55 Å². The number of fused-ring (bicyclic) bond motifs is 1. The van der Waals surface area contributed by atoms with Crippen molar-refractivity contribution in [3.8, 4) is 5.69 Å². The number of alkyl halides is 1. The molecule has 3 aromatic rings. The van der Waals surface area contributed by atoms with Crippen LogP contribution in [0.1, 0.15) is 11.4 Å². The van der Waals surface area contributed by atoms with Gasteiger partial charge in [-0.3, -0.25) is 4.57 Å². The number of aromatic nitrogens is 2. The van der Waals surface area contributed by atoms with Gasteiger partial charge in [0.15, 0.2) is 11.6 Å². The van der Waals surface area contributed by atoms with E-state index >= 15 is 0 Å². The van der Waals surface area contributed by atoms with Crippen LogP contribution in [0.15, 0.2) is 30.3 Å². The number of halogens is 4. The van der Waals surface area contributed by atoms with Crippen LogP contribution in [0.2, 0.25) is 5.02 Å². The zero-order chi connectivity index (χ0) is 15.1. The molecule has 0 saturated carbocycles. The summed E-state index contributed by atoms with van der Waals surface area (Å²) in [5, 5.41) is 0.412. The molecule has 1 heterocycles. The quantitative estimate of drug-likeness (QED) is 0.605. The fourth-order valence-corrected chi connectivity index (χ4v) is 2.68. The zero-order valence-corrected chi connectivity index (χ0v) is 12.5. The largest absolute Gasteiger partial charge is 0.291 e. The number of rotatable bonds is 2. The molecule has 0 radical (unpaired) electrons.